The first-order valence-corrected chi connectivity index (χ1v) is 7.19. The van der Waals surface area contributed by atoms with Crippen LogP contribution >= 0.6 is 11.6 Å². The van der Waals surface area contributed by atoms with Gasteiger partial charge >= 0.3 is 0 Å². The van der Waals surface area contributed by atoms with Gasteiger partial charge in [0.2, 0.25) is 0 Å². The Kier molecular flexibility index (Phi) is 5.63. The average Bonchev–Trinajstić information content (AvgIpc) is 2.54. The van der Waals surface area contributed by atoms with Gasteiger partial charge in [-0.1, -0.05) is 29.8 Å². The number of amides is 1. The minimum absolute atomic E-state index is 0.0495. The summed E-state index contributed by atoms with van der Waals surface area (Å²) in [7, 11) is 0. The minimum atomic E-state index is -0.247. The number of phenolic OH excluding ortho intramolecular Hbond substituents is 1. The monoisotopic (exact) mass is 320 g/mol. The number of carbonyl (C=O) groups excluding carboxylic acids is 1. The Bertz CT molecular complexity index is 662. The summed E-state index contributed by atoms with van der Waals surface area (Å²) >= 11 is 5.86. The minimum Gasteiger partial charge on any atom is -0.506 e. The largest absolute Gasteiger partial charge is 0.506 e. The molecule has 0 bridgehead atoms. The van der Waals surface area contributed by atoms with Crippen LogP contribution in [0, 0.1) is 0 Å². The summed E-state index contributed by atoms with van der Waals surface area (Å²) in [6.45, 7) is 0.499. The second-order valence-corrected chi connectivity index (χ2v) is 5.07. The first-order valence-electron chi connectivity index (χ1n) is 6.81. The van der Waals surface area contributed by atoms with Crippen molar-refractivity contribution in [1.29, 1.82) is 0 Å². The van der Waals surface area contributed by atoms with E-state index in [9.17, 15) is 9.90 Å². The fourth-order valence-corrected chi connectivity index (χ4v) is 2.14. The van der Waals surface area contributed by atoms with E-state index in [0.29, 0.717) is 22.7 Å². The van der Waals surface area contributed by atoms with Crippen LogP contribution in [0.2, 0.25) is 5.02 Å². The molecule has 0 aliphatic rings. The summed E-state index contributed by atoms with van der Waals surface area (Å²) < 4.78 is 0. The first-order chi connectivity index (χ1) is 10.6. The molecule has 1 amide bonds. The Morgan fingerprint density at radius 1 is 1.18 bits per heavy atom. The Labute approximate surface area is 133 Å². The number of aliphatic hydroxyl groups excluding tert-OH is 1. The number of carbonyl (C=O) groups is 1. The maximum absolute atomic E-state index is 11.8. The van der Waals surface area contributed by atoms with Gasteiger partial charge in [0, 0.05) is 29.9 Å². The number of anilines is 1. The molecule has 0 unspecified atom stereocenters. The number of benzene rings is 2. The summed E-state index contributed by atoms with van der Waals surface area (Å²) in [5, 5.41) is 24.6. The molecule has 0 aromatic heterocycles. The third-order valence-electron chi connectivity index (χ3n) is 3.08. The Balaban J connectivity index is 2.04. The van der Waals surface area contributed by atoms with Crippen LogP contribution < -0.4 is 10.6 Å². The number of aliphatic hydroxyl groups is 1. The zero-order chi connectivity index (χ0) is 15.9. The number of rotatable bonds is 6. The summed E-state index contributed by atoms with van der Waals surface area (Å²) in [5.41, 5.74) is 1.91. The molecule has 2 aromatic carbocycles. The lowest BCUT2D eigenvalue weighted by Gasteiger charge is -2.10. The molecule has 0 spiro atoms. The van der Waals surface area contributed by atoms with Crippen LogP contribution in [0.3, 0.4) is 0 Å². The number of aromatic hydroxyl groups is 1. The van der Waals surface area contributed by atoms with Gasteiger partial charge in [-0.3, -0.25) is 4.79 Å². The van der Waals surface area contributed by atoms with Crippen molar-refractivity contribution in [3.05, 3.63) is 58.6 Å². The molecular formula is C16H17ClN2O3. The van der Waals surface area contributed by atoms with E-state index < -0.39 is 0 Å². The highest BCUT2D eigenvalue weighted by Gasteiger charge is 2.07. The van der Waals surface area contributed by atoms with Crippen molar-refractivity contribution in [3.63, 3.8) is 0 Å². The Hall–Kier alpha value is -2.24. The number of phenols is 1. The molecule has 0 atom stereocenters. The number of hydrogen-bond donors (Lipinski definition) is 4. The van der Waals surface area contributed by atoms with Crippen molar-refractivity contribution >= 4 is 23.2 Å². The number of halogens is 1. The van der Waals surface area contributed by atoms with Gasteiger partial charge in [-0.05, 0) is 24.3 Å². The van der Waals surface area contributed by atoms with Crippen molar-refractivity contribution in [2.24, 2.45) is 0 Å². The SMILES string of the molecule is O=C(NCCO)c1cccc(NCc2cccc(Cl)c2O)c1. The van der Waals surface area contributed by atoms with E-state index in [1.54, 1.807) is 36.4 Å². The smallest absolute Gasteiger partial charge is 0.251 e. The van der Waals surface area contributed by atoms with E-state index in [1.165, 1.54) is 0 Å². The fraction of sp³-hybridized carbons (Fsp3) is 0.188. The second kappa shape index (κ2) is 7.68. The highest BCUT2D eigenvalue weighted by molar-refractivity contribution is 6.32. The van der Waals surface area contributed by atoms with Crippen LogP contribution in [-0.2, 0) is 6.54 Å². The van der Waals surface area contributed by atoms with E-state index in [-0.39, 0.29) is 24.8 Å². The van der Waals surface area contributed by atoms with Crippen molar-refractivity contribution in [2.75, 3.05) is 18.5 Å². The van der Waals surface area contributed by atoms with Gasteiger partial charge < -0.3 is 20.8 Å². The molecule has 0 saturated carbocycles. The van der Waals surface area contributed by atoms with Gasteiger partial charge in [-0.2, -0.15) is 0 Å². The highest BCUT2D eigenvalue weighted by Crippen LogP contribution is 2.27. The summed E-state index contributed by atoms with van der Waals surface area (Å²) in [5.74, 6) is -0.197. The third kappa shape index (κ3) is 4.13. The molecule has 0 saturated heterocycles. The first kappa shape index (κ1) is 16.1. The molecule has 0 fully saturated rings. The summed E-state index contributed by atoms with van der Waals surface area (Å²) in [4.78, 5) is 11.8. The Morgan fingerprint density at radius 3 is 2.73 bits per heavy atom. The van der Waals surface area contributed by atoms with E-state index in [1.807, 2.05) is 6.07 Å². The molecule has 2 aromatic rings. The number of hydrogen-bond acceptors (Lipinski definition) is 4. The Morgan fingerprint density at radius 2 is 1.95 bits per heavy atom. The molecule has 22 heavy (non-hydrogen) atoms. The lowest BCUT2D eigenvalue weighted by atomic mass is 10.1. The van der Waals surface area contributed by atoms with Gasteiger partial charge in [-0.25, -0.2) is 0 Å². The van der Waals surface area contributed by atoms with E-state index in [2.05, 4.69) is 10.6 Å². The standard InChI is InChI=1S/C16H17ClN2O3/c17-14-6-2-4-12(15(14)21)10-19-13-5-1-3-11(9-13)16(22)18-7-8-20/h1-6,9,19-21H,7-8,10H2,(H,18,22). The van der Waals surface area contributed by atoms with Gasteiger partial charge in [0.25, 0.3) is 5.91 Å². The van der Waals surface area contributed by atoms with Gasteiger partial charge in [0.1, 0.15) is 5.75 Å². The maximum atomic E-state index is 11.8. The van der Waals surface area contributed by atoms with E-state index >= 15 is 0 Å². The van der Waals surface area contributed by atoms with E-state index in [0.717, 1.165) is 5.69 Å². The van der Waals surface area contributed by atoms with Crippen LogP contribution in [0.4, 0.5) is 5.69 Å². The number of nitrogens with one attached hydrogen (secondary N) is 2. The zero-order valence-corrected chi connectivity index (χ0v) is 12.6. The van der Waals surface area contributed by atoms with Crippen molar-refractivity contribution in [3.8, 4) is 5.75 Å². The van der Waals surface area contributed by atoms with Crippen LogP contribution in [-0.4, -0.2) is 29.3 Å². The quantitative estimate of drug-likeness (QED) is 0.658. The molecule has 6 heteroatoms. The predicted octanol–water partition coefficient (Wildman–Crippen LogP) is 2.38. The molecule has 0 aliphatic heterocycles. The average molecular weight is 321 g/mol. The lowest BCUT2D eigenvalue weighted by molar-refractivity contribution is 0.0945. The van der Waals surface area contributed by atoms with Gasteiger partial charge in [-0.15, -0.1) is 0 Å². The van der Waals surface area contributed by atoms with E-state index in [4.69, 9.17) is 16.7 Å². The van der Waals surface area contributed by atoms with Crippen LogP contribution in [0.5, 0.6) is 5.75 Å². The predicted molar refractivity (Wildman–Crippen MR) is 86.3 cm³/mol. The zero-order valence-electron chi connectivity index (χ0n) is 11.8. The molecule has 4 N–H and O–H groups in total. The molecule has 0 aliphatic carbocycles. The van der Waals surface area contributed by atoms with Crippen molar-refractivity contribution < 1.29 is 15.0 Å². The van der Waals surface area contributed by atoms with Crippen molar-refractivity contribution in [2.45, 2.75) is 6.54 Å². The van der Waals surface area contributed by atoms with Gasteiger partial charge in [0.05, 0.1) is 11.6 Å². The normalized spacial score (nSPS) is 10.3. The topological polar surface area (TPSA) is 81.6 Å². The van der Waals surface area contributed by atoms with Crippen LogP contribution in [0.1, 0.15) is 15.9 Å². The molecule has 0 radical (unpaired) electrons. The van der Waals surface area contributed by atoms with Crippen molar-refractivity contribution in [1.82, 2.24) is 5.32 Å². The molecule has 116 valence electrons. The fourth-order valence-electron chi connectivity index (χ4n) is 1.94. The summed E-state index contributed by atoms with van der Waals surface area (Å²) in [6, 6.07) is 12.1. The molecule has 2 rings (SSSR count). The second-order valence-electron chi connectivity index (χ2n) is 4.66. The summed E-state index contributed by atoms with van der Waals surface area (Å²) in [6.07, 6.45) is 0. The maximum Gasteiger partial charge on any atom is 0.251 e. The highest BCUT2D eigenvalue weighted by atomic mass is 35.5. The van der Waals surface area contributed by atoms with Crippen LogP contribution in [0.25, 0.3) is 0 Å². The van der Waals surface area contributed by atoms with Gasteiger partial charge in [0.15, 0.2) is 0 Å². The lowest BCUT2D eigenvalue weighted by Crippen LogP contribution is -2.26. The number of para-hydroxylation sites is 1. The third-order valence-corrected chi connectivity index (χ3v) is 3.38. The molecular weight excluding hydrogens is 304 g/mol. The molecule has 5 nitrogen and oxygen atoms in total. The molecule has 0 heterocycles. The van der Waals surface area contributed by atoms with Crippen LogP contribution in [0.15, 0.2) is 42.5 Å².